The molecule has 6 nitrogen and oxygen atoms in total. The van der Waals surface area contributed by atoms with E-state index in [0.29, 0.717) is 6.54 Å². The number of nitrogens with zero attached hydrogens (tertiary/aromatic N) is 1. The molecule has 0 aromatic heterocycles. The molecule has 0 spiro atoms. The molecule has 0 radical (unpaired) electrons. The largest absolute Gasteiger partial charge is 0.443 e. The van der Waals surface area contributed by atoms with Crippen LogP contribution in [0.4, 0.5) is 4.79 Å². The average molecular weight is 205 g/mol. The van der Waals surface area contributed by atoms with Crippen LogP contribution in [0.3, 0.4) is 0 Å². The van der Waals surface area contributed by atoms with E-state index in [0.717, 1.165) is 0 Å². The van der Waals surface area contributed by atoms with Crippen LogP contribution in [0, 0.1) is 0 Å². The van der Waals surface area contributed by atoms with Crippen molar-refractivity contribution in [3.8, 4) is 0 Å². The lowest BCUT2D eigenvalue weighted by Crippen LogP contribution is -2.45. The van der Waals surface area contributed by atoms with E-state index >= 15 is 0 Å². The van der Waals surface area contributed by atoms with Crippen molar-refractivity contribution < 1.29 is 14.4 Å². The van der Waals surface area contributed by atoms with Crippen LogP contribution in [0.2, 0.25) is 0 Å². The smallest absolute Gasteiger partial charge is 0.424 e. The molecule has 84 valence electrons. The first-order chi connectivity index (χ1) is 6.40. The Kier molecular flexibility index (Phi) is 5.44. The third-order valence-corrected chi connectivity index (χ3v) is 1.32. The van der Waals surface area contributed by atoms with Crippen molar-refractivity contribution in [1.82, 2.24) is 10.4 Å². The van der Waals surface area contributed by atoms with Gasteiger partial charge in [-0.05, 0) is 20.8 Å². The monoisotopic (exact) mass is 205 g/mol. The second-order valence-electron chi connectivity index (χ2n) is 3.73. The second kappa shape index (κ2) is 5.79. The lowest BCUT2D eigenvalue weighted by atomic mass is 10.2. The summed E-state index contributed by atoms with van der Waals surface area (Å²) < 4.78 is 5.12. The van der Waals surface area contributed by atoms with Crippen LogP contribution in [0.5, 0.6) is 0 Å². The molecule has 0 atom stereocenters. The van der Waals surface area contributed by atoms with Crippen LogP contribution in [-0.4, -0.2) is 36.9 Å². The first kappa shape index (κ1) is 13.2. The minimum absolute atomic E-state index is 0.250. The summed E-state index contributed by atoms with van der Waals surface area (Å²) in [5, 5.41) is 1.29. The van der Waals surface area contributed by atoms with E-state index in [2.05, 4.69) is 10.3 Å². The number of rotatable bonds is 4. The Balaban J connectivity index is 4.04. The molecule has 0 fully saturated rings. The Hall–Kier alpha value is -0.850. The molecule has 1 amide bonds. The van der Waals surface area contributed by atoms with Gasteiger partial charge in [-0.2, -0.15) is 0 Å². The molecule has 0 unspecified atom stereocenters. The summed E-state index contributed by atoms with van der Waals surface area (Å²) in [7, 11) is 1.63. The number of hydrazine groups is 1. The van der Waals surface area contributed by atoms with Crippen molar-refractivity contribution >= 4 is 6.09 Å². The maximum Gasteiger partial charge on any atom is 0.424 e. The maximum absolute atomic E-state index is 11.4. The Labute approximate surface area is 84.3 Å². The predicted molar refractivity (Wildman–Crippen MR) is 52.1 cm³/mol. The highest BCUT2D eigenvalue weighted by Crippen LogP contribution is 2.08. The van der Waals surface area contributed by atoms with Crippen molar-refractivity contribution in [3.63, 3.8) is 0 Å². The van der Waals surface area contributed by atoms with Gasteiger partial charge in [0, 0.05) is 7.05 Å². The average Bonchev–Trinajstić information content (AvgIpc) is 2.02. The zero-order valence-corrected chi connectivity index (χ0v) is 9.16. The van der Waals surface area contributed by atoms with Crippen molar-refractivity contribution in [2.45, 2.75) is 26.4 Å². The Bertz CT molecular complexity index is 179. The number of carbonyl (C=O) groups is 1. The highest BCUT2D eigenvalue weighted by molar-refractivity contribution is 5.67. The third kappa shape index (κ3) is 5.74. The zero-order valence-electron chi connectivity index (χ0n) is 9.16. The molecule has 0 aromatic rings. The number of nitrogens with one attached hydrogen (secondary N) is 1. The van der Waals surface area contributed by atoms with Gasteiger partial charge >= 0.3 is 6.09 Å². The van der Waals surface area contributed by atoms with E-state index in [9.17, 15) is 4.79 Å². The molecular formula is C8H19N3O3. The fraction of sp³-hybridized carbons (Fsp3) is 0.875. The number of amides is 1. The summed E-state index contributed by atoms with van der Waals surface area (Å²) in [5.74, 6) is 4.85. The quantitative estimate of drug-likeness (QED) is 0.643. The predicted octanol–water partition coefficient (Wildman–Crippen LogP) is 0.248. The number of hydrogen-bond acceptors (Lipinski definition) is 5. The zero-order chi connectivity index (χ0) is 11.2. The molecule has 0 bridgehead atoms. The fourth-order valence-corrected chi connectivity index (χ4v) is 0.755. The van der Waals surface area contributed by atoms with Crippen molar-refractivity contribution in [2.24, 2.45) is 5.90 Å². The number of nitrogens with two attached hydrogens (primary N) is 1. The molecular weight excluding hydrogens is 186 g/mol. The SMILES string of the molecule is CNN(CCON)C(=O)OC(C)(C)C. The van der Waals surface area contributed by atoms with E-state index in [1.165, 1.54) is 5.01 Å². The first-order valence-electron chi connectivity index (χ1n) is 4.40. The normalized spacial score (nSPS) is 11.2. The van der Waals surface area contributed by atoms with Crippen LogP contribution < -0.4 is 11.3 Å². The molecule has 0 rings (SSSR count). The van der Waals surface area contributed by atoms with E-state index < -0.39 is 11.7 Å². The molecule has 3 N–H and O–H groups in total. The lowest BCUT2D eigenvalue weighted by Gasteiger charge is -2.26. The molecule has 14 heavy (non-hydrogen) atoms. The second-order valence-corrected chi connectivity index (χ2v) is 3.73. The Morgan fingerprint density at radius 3 is 2.43 bits per heavy atom. The maximum atomic E-state index is 11.4. The number of carbonyl (C=O) groups excluding carboxylic acids is 1. The van der Waals surface area contributed by atoms with E-state index in [-0.39, 0.29) is 6.61 Å². The van der Waals surface area contributed by atoms with Gasteiger partial charge in [0.1, 0.15) is 5.60 Å². The van der Waals surface area contributed by atoms with E-state index in [1.807, 2.05) is 0 Å². The standard InChI is InChI=1S/C8H19N3O3/c1-8(2,3)14-7(12)11(10-4)5-6-13-9/h10H,5-6,9H2,1-4H3. The summed E-state index contributed by atoms with van der Waals surface area (Å²) in [6, 6.07) is 0. The molecule has 0 aliphatic rings. The van der Waals surface area contributed by atoms with Gasteiger partial charge in [-0.3, -0.25) is 0 Å². The van der Waals surface area contributed by atoms with E-state index in [4.69, 9.17) is 10.6 Å². The van der Waals surface area contributed by atoms with Crippen LogP contribution in [0.25, 0.3) is 0 Å². The molecule has 0 aromatic carbocycles. The topological polar surface area (TPSA) is 76.8 Å². The number of ether oxygens (including phenoxy) is 1. The van der Waals surface area contributed by atoms with Gasteiger partial charge in [-0.25, -0.2) is 21.1 Å². The first-order valence-corrected chi connectivity index (χ1v) is 4.40. The molecule has 0 saturated carbocycles. The van der Waals surface area contributed by atoms with Gasteiger partial charge in [0.2, 0.25) is 0 Å². The minimum atomic E-state index is -0.504. The third-order valence-electron chi connectivity index (χ3n) is 1.32. The van der Waals surface area contributed by atoms with Gasteiger partial charge in [0.05, 0.1) is 13.2 Å². The fourth-order valence-electron chi connectivity index (χ4n) is 0.755. The van der Waals surface area contributed by atoms with Gasteiger partial charge < -0.3 is 9.57 Å². The minimum Gasteiger partial charge on any atom is -0.443 e. The highest BCUT2D eigenvalue weighted by atomic mass is 16.6. The van der Waals surface area contributed by atoms with Crippen LogP contribution in [-0.2, 0) is 9.57 Å². The van der Waals surface area contributed by atoms with Crippen molar-refractivity contribution in [2.75, 3.05) is 20.2 Å². The van der Waals surface area contributed by atoms with Gasteiger partial charge in [-0.15, -0.1) is 0 Å². The molecule has 0 heterocycles. The van der Waals surface area contributed by atoms with Crippen LogP contribution >= 0.6 is 0 Å². The van der Waals surface area contributed by atoms with Crippen molar-refractivity contribution in [1.29, 1.82) is 0 Å². The lowest BCUT2D eigenvalue weighted by molar-refractivity contribution is 0.00739. The van der Waals surface area contributed by atoms with Crippen LogP contribution in [0.15, 0.2) is 0 Å². The Morgan fingerprint density at radius 2 is 2.07 bits per heavy atom. The summed E-state index contributed by atoms with van der Waals surface area (Å²) in [6.07, 6.45) is -0.447. The van der Waals surface area contributed by atoms with Crippen molar-refractivity contribution in [3.05, 3.63) is 0 Å². The number of hydrogen-bond donors (Lipinski definition) is 2. The van der Waals surface area contributed by atoms with E-state index in [1.54, 1.807) is 27.8 Å². The molecule has 0 aliphatic carbocycles. The summed E-state index contributed by atoms with van der Waals surface area (Å²) in [5.41, 5.74) is 2.18. The summed E-state index contributed by atoms with van der Waals surface area (Å²) >= 11 is 0. The summed E-state index contributed by atoms with van der Waals surface area (Å²) in [6.45, 7) is 6.00. The van der Waals surface area contributed by atoms with Gasteiger partial charge in [0.25, 0.3) is 0 Å². The summed E-state index contributed by atoms with van der Waals surface area (Å²) in [4.78, 5) is 15.8. The molecule has 0 saturated heterocycles. The van der Waals surface area contributed by atoms with Gasteiger partial charge in [0.15, 0.2) is 0 Å². The van der Waals surface area contributed by atoms with Crippen LogP contribution in [0.1, 0.15) is 20.8 Å². The molecule has 6 heteroatoms. The van der Waals surface area contributed by atoms with Gasteiger partial charge in [-0.1, -0.05) is 0 Å². The Morgan fingerprint density at radius 1 is 1.50 bits per heavy atom. The molecule has 0 aliphatic heterocycles. The highest BCUT2D eigenvalue weighted by Gasteiger charge is 2.20.